The van der Waals surface area contributed by atoms with E-state index in [4.69, 9.17) is 4.74 Å². The van der Waals surface area contributed by atoms with Crippen LogP contribution in [0.4, 0.5) is 17.1 Å². The Kier molecular flexibility index (Phi) is 5.42. The number of nitrogens with zero attached hydrogens (tertiary/aromatic N) is 3. The summed E-state index contributed by atoms with van der Waals surface area (Å²) in [5.41, 5.74) is 0.368. The van der Waals surface area contributed by atoms with Crippen LogP contribution >= 0.6 is 0 Å². The van der Waals surface area contributed by atoms with Crippen molar-refractivity contribution in [2.45, 2.75) is 38.4 Å². The summed E-state index contributed by atoms with van der Waals surface area (Å²) in [5, 5.41) is 37.1. The average molecular weight is 404 g/mol. The van der Waals surface area contributed by atoms with E-state index in [2.05, 4.69) is 22.7 Å². The number of nitro groups is 2. The van der Waals surface area contributed by atoms with Crippen LogP contribution in [-0.2, 0) is 4.74 Å². The van der Waals surface area contributed by atoms with Crippen LogP contribution in [0, 0.1) is 37.5 Å². The molecule has 0 heterocycles. The molecule has 4 unspecified atom stereocenters. The summed E-state index contributed by atoms with van der Waals surface area (Å²) in [6, 6.07) is 3.31. The Labute approximate surface area is 167 Å². The van der Waals surface area contributed by atoms with Crippen molar-refractivity contribution < 1.29 is 19.7 Å². The maximum Gasteiger partial charge on any atom is 0.301 e. The molecule has 4 atom stereocenters. The van der Waals surface area contributed by atoms with E-state index in [1.165, 1.54) is 12.1 Å². The minimum Gasteiger partial charge on any atom is -0.390 e. The van der Waals surface area contributed by atoms with Crippen LogP contribution in [0.2, 0.25) is 0 Å². The van der Waals surface area contributed by atoms with Gasteiger partial charge in [-0.3, -0.25) is 25.7 Å². The zero-order valence-electron chi connectivity index (χ0n) is 16.4. The zero-order chi connectivity index (χ0) is 21.4. The monoisotopic (exact) mass is 404 g/mol. The number of methoxy groups -OCH3 is 1. The van der Waals surface area contributed by atoms with Gasteiger partial charge in [-0.05, 0) is 38.7 Å². The lowest BCUT2D eigenvalue weighted by Gasteiger charge is -2.44. The minimum atomic E-state index is -0.996. The number of fused-ring (bicyclic) bond motifs is 2. The van der Waals surface area contributed by atoms with Gasteiger partial charge in [0.05, 0.1) is 27.6 Å². The Morgan fingerprint density at radius 3 is 2.62 bits per heavy atom. The summed E-state index contributed by atoms with van der Waals surface area (Å²) < 4.78 is 5.59. The van der Waals surface area contributed by atoms with E-state index in [1.807, 2.05) is 0 Å². The second-order valence-electron chi connectivity index (χ2n) is 7.97. The van der Waals surface area contributed by atoms with Gasteiger partial charge in [0, 0.05) is 30.7 Å². The number of hydrogen-bond acceptors (Lipinski definition) is 8. The SMILES string of the molecule is COC1CC2C=CC1C2(C/C=N/Nc1ccc([N+](=O)[O-])cc1[N+](=O)[O-])C(C)(C)O. The second-order valence-corrected chi connectivity index (χ2v) is 7.97. The molecule has 1 saturated carbocycles. The number of nitro benzene ring substituents is 2. The van der Waals surface area contributed by atoms with Crippen LogP contribution in [0.1, 0.15) is 26.7 Å². The smallest absolute Gasteiger partial charge is 0.301 e. The van der Waals surface area contributed by atoms with Crippen molar-refractivity contribution in [2.75, 3.05) is 12.5 Å². The first-order chi connectivity index (χ1) is 13.6. The van der Waals surface area contributed by atoms with E-state index in [0.717, 1.165) is 12.5 Å². The molecule has 0 amide bonds. The lowest BCUT2D eigenvalue weighted by Crippen LogP contribution is -2.49. The van der Waals surface area contributed by atoms with Crippen LogP contribution in [0.5, 0.6) is 0 Å². The van der Waals surface area contributed by atoms with E-state index in [-0.39, 0.29) is 29.3 Å². The Bertz CT molecular complexity index is 878. The number of aliphatic hydroxyl groups is 1. The maximum atomic E-state index is 11.2. The molecule has 156 valence electrons. The molecule has 1 fully saturated rings. The number of ether oxygens (including phenoxy) is 1. The number of non-ortho nitro benzene ring substituents is 1. The van der Waals surface area contributed by atoms with Gasteiger partial charge in [-0.1, -0.05) is 12.2 Å². The lowest BCUT2D eigenvalue weighted by atomic mass is 9.63. The molecular weight excluding hydrogens is 380 g/mol. The molecule has 29 heavy (non-hydrogen) atoms. The highest BCUT2D eigenvalue weighted by molar-refractivity contribution is 5.68. The van der Waals surface area contributed by atoms with Crippen molar-refractivity contribution in [3.05, 3.63) is 50.6 Å². The van der Waals surface area contributed by atoms with Gasteiger partial charge in [0.1, 0.15) is 5.69 Å². The molecule has 1 aromatic rings. The van der Waals surface area contributed by atoms with Crippen molar-refractivity contribution in [3.8, 4) is 0 Å². The van der Waals surface area contributed by atoms with Crippen molar-refractivity contribution in [2.24, 2.45) is 22.4 Å². The van der Waals surface area contributed by atoms with E-state index in [9.17, 15) is 25.3 Å². The van der Waals surface area contributed by atoms with Crippen LogP contribution in [0.25, 0.3) is 0 Å². The van der Waals surface area contributed by atoms with Gasteiger partial charge in [0.15, 0.2) is 0 Å². The van der Waals surface area contributed by atoms with Gasteiger partial charge in [-0.15, -0.1) is 0 Å². The van der Waals surface area contributed by atoms with E-state index < -0.39 is 26.6 Å². The third-order valence-corrected chi connectivity index (χ3v) is 6.23. The van der Waals surface area contributed by atoms with Gasteiger partial charge < -0.3 is 9.84 Å². The number of hydrogen-bond donors (Lipinski definition) is 2. The molecule has 1 aromatic carbocycles. The first kappa shape index (κ1) is 20.9. The van der Waals surface area contributed by atoms with Crippen LogP contribution < -0.4 is 5.43 Å². The Morgan fingerprint density at radius 2 is 2.07 bits per heavy atom. The van der Waals surface area contributed by atoms with Crippen LogP contribution in [0.15, 0.2) is 35.5 Å². The summed E-state index contributed by atoms with van der Waals surface area (Å²) in [5.74, 6) is 0.176. The highest BCUT2D eigenvalue weighted by Crippen LogP contribution is 2.61. The highest BCUT2D eigenvalue weighted by Gasteiger charge is 2.62. The Morgan fingerprint density at radius 1 is 1.34 bits per heavy atom. The summed E-state index contributed by atoms with van der Waals surface area (Å²) in [4.78, 5) is 20.7. The van der Waals surface area contributed by atoms with Gasteiger partial charge >= 0.3 is 5.69 Å². The Balaban J connectivity index is 1.79. The maximum absolute atomic E-state index is 11.2. The van der Waals surface area contributed by atoms with Gasteiger partial charge in [-0.25, -0.2) is 0 Å². The third-order valence-electron chi connectivity index (χ3n) is 6.23. The number of nitrogens with one attached hydrogen (secondary N) is 1. The van der Waals surface area contributed by atoms with Crippen LogP contribution in [-0.4, -0.2) is 40.0 Å². The van der Waals surface area contributed by atoms with Crippen LogP contribution in [0.3, 0.4) is 0 Å². The summed E-state index contributed by atoms with van der Waals surface area (Å²) in [7, 11) is 1.66. The van der Waals surface area contributed by atoms with Gasteiger partial charge in [0.25, 0.3) is 5.69 Å². The minimum absolute atomic E-state index is 0.0218. The standard InChI is InChI=1S/C19H24N4O6/c1-18(2,24)19(12-4-6-14(19)17(10-12)29-3)8-9-20-21-15-7-5-13(22(25)26)11-16(15)23(27)28/h4-7,9,11-12,14,17,21,24H,8,10H2,1-3H3/b20-9+. The summed E-state index contributed by atoms with van der Waals surface area (Å²) in [6.07, 6.45) is 7.06. The molecule has 3 rings (SSSR count). The molecule has 0 saturated heterocycles. The number of hydrazone groups is 1. The molecule has 0 aliphatic heterocycles. The van der Waals surface area contributed by atoms with E-state index in [0.29, 0.717) is 6.42 Å². The van der Waals surface area contributed by atoms with Crippen molar-refractivity contribution in [1.29, 1.82) is 0 Å². The number of benzene rings is 1. The van der Waals surface area contributed by atoms with Gasteiger partial charge in [-0.2, -0.15) is 5.10 Å². The molecular formula is C19H24N4O6. The number of anilines is 1. The largest absolute Gasteiger partial charge is 0.390 e. The molecule has 0 aromatic heterocycles. The fraction of sp³-hybridized carbons (Fsp3) is 0.526. The predicted molar refractivity (Wildman–Crippen MR) is 107 cm³/mol. The molecule has 2 aliphatic rings. The lowest BCUT2D eigenvalue weighted by molar-refractivity contribution is -0.393. The van der Waals surface area contributed by atoms with E-state index in [1.54, 1.807) is 27.2 Å². The normalized spacial score (nSPS) is 28.2. The van der Waals surface area contributed by atoms with Crippen molar-refractivity contribution in [1.82, 2.24) is 0 Å². The Hall–Kier alpha value is -2.85. The fourth-order valence-electron chi connectivity index (χ4n) is 4.82. The second kappa shape index (κ2) is 7.53. The topological polar surface area (TPSA) is 140 Å². The predicted octanol–water partition coefficient (Wildman–Crippen LogP) is 3.27. The first-order valence-electron chi connectivity index (χ1n) is 9.25. The average Bonchev–Trinajstić information content (AvgIpc) is 3.17. The number of allylic oxidation sites excluding steroid dienone is 1. The van der Waals surface area contributed by atoms with Crippen molar-refractivity contribution in [3.63, 3.8) is 0 Å². The quantitative estimate of drug-likeness (QED) is 0.293. The molecule has 0 spiro atoms. The summed E-state index contributed by atoms with van der Waals surface area (Å²) >= 11 is 0. The molecule has 2 bridgehead atoms. The van der Waals surface area contributed by atoms with Crippen molar-refractivity contribution >= 4 is 23.3 Å². The third kappa shape index (κ3) is 3.49. The van der Waals surface area contributed by atoms with Gasteiger partial charge in [0.2, 0.25) is 0 Å². The highest BCUT2D eigenvalue weighted by atomic mass is 16.6. The van der Waals surface area contributed by atoms with E-state index >= 15 is 0 Å². The molecule has 2 aliphatic carbocycles. The first-order valence-corrected chi connectivity index (χ1v) is 9.25. The summed E-state index contributed by atoms with van der Waals surface area (Å²) in [6.45, 7) is 3.56. The molecule has 2 N–H and O–H groups in total. The number of rotatable bonds is 8. The molecule has 10 nitrogen and oxygen atoms in total. The molecule has 0 radical (unpaired) electrons. The molecule has 10 heteroatoms. The fourth-order valence-corrected chi connectivity index (χ4v) is 4.82. The zero-order valence-corrected chi connectivity index (χ0v) is 16.4.